The van der Waals surface area contributed by atoms with Crippen LogP contribution in [0.25, 0.3) is 0 Å². The van der Waals surface area contributed by atoms with Crippen molar-refractivity contribution in [2.75, 3.05) is 24.6 Å². The Kier molecular flexibility index (Phi) is 5.09. The Morgan fingerprint density at radius 1 is 1.38 bits per heavy atom. The first-order valence-electron chi connectivity index (χ1n) is 8.42. The average molecular weight is 289 g/mol. The maximum absolute atomic E-state index is 6.00. The van der Waals surface area contributed by atoms with Gasteiger partial charge in [-0.15, -0.1) is 0 Å². The van der Waals surface area contributed by atoms with Gasteiger partial charge in [-0.3, -0.25) is 4.98 Å². The summed E-state index contributed by atoms with van der Waals surface area (Å²) in [6, 6.07) is 2.74. The summed E-state index contributed by atoms with van der Waals surface area (Å²) in [4.78, 5) is 6.91. The number of hydrogen-bond donors (Lipinski definition) is 1. The number of ether oxygens (including phenoxy) is 1. The molecule has 0 radical (unpaired) electrons. The second-order valence-corrected chi connectivity index (χ2v) is 6.14. The third-order valence-electron chi connectivity index (χ3n) is 4.66. The molecule has 2 unspecified atom stereocenters. The molecule has 2 heterocycles. The highest BCUT2D eigenvalue weighted by Crippen LogP contribution is 2.33. The van der Waals surface area contributed by atoms with E-state index in [1.165, 1.54) is 36.9 Å². The maximum atomic E-state index is 6.00. The van der Waals surface area contributed by atoms with Crippen LogP contribution in [-0.2, 0) is 11.3 Å². The summed E-state index contributed by atoms with van der Waals surface area (Å²) in [6.45, 7) is 6.03. The molecule has 0 bridgehead atoms. The van der Waals surface area contributed by atoms with Crippen molar-refractivity contribution in [3.8, 4) is 0 Å². The van der Waals surface area contributed by atoms with Crippen molar-refractivity contribution in [2.24, 2.45) is 0 Å². The van der Waals surface area contributed by atoms with E-state index in [4.69, 9.17) is 4.74 Å². The van der Waals surface area contributed by atoms with E-state index in [9.17, 15) is 0 Å². The lowest BCUT2D eigenvalue weighted by Gasteiger charge is -2.45. The molecule has 1 aliphatic heterocycles. The van der Waals surface area contributed by atoms with Crippen molar-refractivity contribution in [3.63, 3.8) is 0 Å². The van der Waals surface area contributed by atoms with E-state index < -0.39 is 0 Å². The normalized spacial score (nSPS) is 25.7. The Balaban J connectivity index is 1.78. The molecular formula is C17H27N3O. The summed E-state index contributed by atoms with van der Waals surface area (Å²) in [7, 11) is 0. The first-order valence-corrected chi connectivity index (χ1v) is 8.42. The van der Waals surface area contributed by atoms with Gasteiger partial charge in [0.2, 0.25) is 0 Å². The molecule has 1 saturated carbocycles. The molecule has 4 nitrogen and oxygen atoms in total. The van der Waals surface area contributed by atoms with Crippen LogP contribution in [0.2, 0.25) is 0 Å². The number of nitrogens with one attached hydrogen (secondary N) is 1. The number of rotatable bonds is 5. The average Bonchev–Trinajstić information content (AvgIpc) is 2.55. The van der Waals surface area contributed by atoms with Gasteiger partial charge in [-0.25, -0.2) is 0 Å². The molecule has 1 aliphatic carbocycles. The third kappa shape index (κ3) is 3.38. The standard InChI is InChI=1S/C17H27N3O/c1-2-8-18-12-14-13-19-9-7-15(14)20-10-11-21-17-6-4-3-5-16(17)20/h7,9,13,16-18H,2-6,8,10-12H2,1H3. The highest BCUT2D eigenvalue weighted by molar-refractivity contribution is 5.53. The minimum absolute atomic E-state index is 0.428. The molecule has 21 heavy (non-hydrogen) atoms. The topological polar surface area (TPSA) is 37.4 Å². The van der Waals surface area contributed by atoms with Gasteiger partial charge < -0.3 is 15.0 Å². The largest absolute Gasteiger partial charge is 0.374 e. The first kappa shape index (κ1) is 14.8. The van der Waals surface area contributed by atoms with E-state index in [-0.39, 0.29) is 0 Å². The quantitative estimate of drug-likeness (QED) is 0.846. The SMILES string of the molecule is CCCNCc1cnccc1N1CCOC2CCCCC21. The van der Waals surface area contributed by atoms with Crippen molar-refractivity contribution in [3.05, 3.63) is 24.0 Å². The highest BCUT2D eigenvalue weighted by Gasteiger charge is 2.34. The molecule has 3 rings (SSSR count). The van der Waals surface area contributed by atoms with Gasteiger partial charge in [-0.1, -0.05) is 19.8 Å². The van der Waals surface area contributed by atoms with Gasteiger partial charge in [0.25, 0.3) is 0 Å². The Morgan fingerprint density at radius 2 is 2.29 bits per heavy atom. The lowest BCUT2D eigenvalue weighted by Crippen LogP contribution is -2.53. The number of anilines is 1. The lowest BCUT2D eigenvalue weighted by atomic mass is 9.89. The molecule has 4 heteroatoms. The molecule has 2 fully saturated rings. The summed E-state index contributed by atoms with van der Waals surface area (Å²) in [5.74, 6) is 0. The van der Waals surface area contributed by atoms with Gasteiger partial charge >= 0.3 is 0 Å². The molecule has 1 aromatic heterocycles. The van der Waals surface area contributed by atoms with E-state index in [0.717, 1.165) is 32.7 Å². The van der Waals surface area contributed by atoms with Gasteiger partial charge in [-0.2, -0.15) is 0 Å². The van der Waals surface area contributed by atoms with Crippen LogP contribution in [0.1, 0.15) is 44.6 Å². The molecule has 1 aromatic rings. The molecule has 0 spiro atoms. The lowest BCUT2D eigenvalue weighted by molar-refractivity contribution is -0.00874. The summed E-state index contributed by atoms with van der Waals surface area (Å²) in [6.07, 6.45) is 10.7. The third-order valence-corrected chi connectivity index (χ3v) is 4.66. The number of nitrogens with zero attached hydrogens (tertiary/aromatic N) is 2. The van der Waals surface area contributed by atoms with Gasteiger partial charge in [0.1, 0.15) is 0 Å². The van der Waals surface area contributed by atoms with Crippen molar-refractivity contribution in [1.82, 2.24) is 10.3 Å². The Morgan fingerprint density at radius 3 is 3.19 bits per heavy atom. The van der Waals surface area contributed by atoms with Gasteiger partial charge in [0, 0.05) is 36.7 Å². The number of aromatic nitrogens is 1. The zero-order valence-electron chi connectivity index (χ0n) is 13.1. The van der Waals surface area contributed by atoms with E-state index in [1.807, 2.05) is 12.4 Å². The van der Waals surface area contributed by atoms with Crippen molar-refractivity contribution < 1.29 is 4.74 Å². The Bertz CT molecular complexity index is 449. The summed E-state index contributed by atoms with van der Waals surface area (Å²) in [5, 5.41) is 3.50. The molecule has 116 valence electrons. The molecule has 1 N–H and O–H groups in total. The van der Waals surface area contributed by atoms with E-state index >= 15 is 0 Å². The van der Waals surface area contributed by atoms with Crippen LogP contribution in [-0.4, -0.2) is 36.8 Å². The second kappa shape index (κ2) is 7.23. The Hall–Kier alpha value is -1.13. The van der Waals surface area contributed by atoms with Crippen LogP contribution in [0.15, 0.2) is 18.5 Å². The molecular weight excluding hydrogens is 262 g/mol. The van der Waals surface area contributed by atoms with Crippen LogP contribution in [0.3, 0.4) is 0 Å². The van der Waals surface area contributed by atoms with Crippen LogP contribution in [0.5, 0.6) is 0 Å². The Labute approximate surface area is 127 Å². The first-order chi connectivity index (χ1) is 10.4. The van der Waals surface area contributed by atoms with E-state index in [1.54, 1.807) is 0 Å². The van der Waals surface area contributed by atoms with Crippen LogP contribution in [0.4, 0.5) is 5.69 Å². The predicted molar refractivity (Wildman–Crippen MR) is 85.6 cm³/mol. The summed E-state index contributed by atoms with van der Waals surface area (Å²) < 4.78 is 6.00. The summed E-state index contributed by atoms with van der Waals surface area (Å²) >= 11 is 0. The zero-order valence-corrected chi connectivity index (χ0v) is 13.1. The van der Waals surface area contributed by atoms with Crippen molar-refractivity contribution >= 4 is 5.69 Å². The predicted octanol–water partition coefficient (Wildman–Crippen LogP) is 2.73. The zero-order chi connectivity index (χ0) is 14.5. The fourth-order valence-corrected chi connectivity index (χ4v) is 3.63. The molecule has 2 atom stereocenters. The molecule has 2 aliphatic rings. The minimum atomic E-state index is 0.428. The highest BCUT2D eigenvalue weighted by atomic mass is 16.5. The van der Waals surface area contributed by atoms with Gasteiger partial charge in [0.05, 0.1) is 18.8 Å². The maximum Gasteiger partial charge on any atom is 0.0779 e. The molecule has 1 saturated heterocycles. The number of pyridine rings is 1. The summed E-state index contributed by atoms with van der Waals surface area (Å²) in [5.41, 5.74) is 2.67. The number of morpholine rings is 1. The van der Waals surface area contributed by atoms with Crippen LogP contribution >= 0.6 is 0 Å². The van der Waals surface area contributed by atoms with Gasteiger partial charge in [0.15, 0.2) is 0 Å². The second-order valence-electron chi connectivity index (χ2n) is 6.14. The smallest absolute Gasteiger partial charge is 0.0779 e. The molecule has 0 amide bonds. The monoisotopic (exact) mass is 289 g/mol. The fourth-order valence-electron chi connectivity index (χ4n) is 3.63. The van der Waals surface area contributed by atoms with Crippen molar-refractivity contribution in [1.29, 1.82) is 0 Å². The van der Waals surface area contributed by atoms with Crippen molar-refractivity contribution in [2.45, 2.75) is 57.7 Å². The van der Waals surface area contributed by atoms with E-state index in [2.05, 4.69) is 28.2 Å². The van der Waals surface area contributed by atoms with E-state index in [0.29, 0.717) is 12.1 Å². The van der Waals surface area contributed by atoms with Crippen LogP contribution < -0.4 is 10.2 Å². The van der Waals surface area contributed by atoms with Crippen LogP contribution in [0, 0.1) is 0 Å². The fraction of sp³-hybridized carbons (Fsp3) is 0.706. The minimum Gasteiger partial charge on any atom is -0.374 e. The molecule has 0 aromatic carbocycles. The number of hydrogen-bond acceptors (Lipinski definition) is 4. The number of fused-ring (bicyclic) bond motifs is 1. The van der Waals surface area contributed by atoms with Gasteiger partial charge in [-0.05, 0) is 31.9 Å².